The highest BCUT2D eigenvalue weighted by Crippen LogP contribution is 2.20. The first kappa shape index (κ1) is 18.4. The number of hydrogen-bond acceptors (Lipinski definition) is 4. The second-order valence-corrected chi connectivity index (χ2v) is 7.00. The van der Waals surface area contributed by atoms with Gasteiger partial charge in [-0.25, -0.2) is 0 Å². The van der Waals surface area contributed by atoms with Gasteiger partial charge in [0.2, 0.25) is 5.91 Å². The molecule has 0 aromatic rings. The van der Waals surface area contributed by atoms with Crippen molar-refractivity contribution < 1.29 is 14.6 Å². The van der Waals surface area contributed by atoms with Gasteiger partial charge in [-0.1, -0.05) is 19.3 Å². The Kier molecular flexibility index (Phi) is 8.22. The summed E-state index contributed by atoms with van der Waals surface area (Å²) in [6.07, 6.45) is 6.27. The number of carbonyl (C=O) groups excluding carboxylic acids is 1. The average Bonchev–Trinajstić information content (AvgIpc) is 2.40. The van der Waals surface area contributed by atoms with Crippen LogP contribution in [-0.2, 0) is 9.53 Å². The Balaban J connectivity index is 2.00. The summed E-state index contributed by atoms with van der Waals surface area (Å²) in [5.41, 5.74) is -0.190. The van der Waals surface area contributed by atoms with E-state index in [4.69, 9.17) is 4.74 Å². The van der Waals surface area contributed by atoms with Gasteiger partial charge in [0.05, 0.1) is 18.8 Å². The van der Waals surface area contributed by atoms with Crippen molar-refractivity contribution in [3.05, 3.63) is 0 Å². The molecule has 1 unspecified atom stereocenters. The number of aliphatic hydroxyl groups excluding tert-OH is 1. The highest BCUT2D eigenvalue weighted by Gasteiger charge is 2.16. The molecule has 0 saturated heterocycles. The zero-order chi connectivity index (χ0) is 15.7. The third-order valence-corrected chi connectivity index (χ3v) is 3.50. The van der Waals surface area contributed by atoms with Crippen LogP contribution in [0.4, 0.5) is 0 Å². The summed E-state index contributed by atoms with van der Waals surface area (Å²) in [5.74, 6) is 0.0305. The number of nitrogens with one attached hydrogen (secondary N) is 2. The lowest BCUT2D eigenvalue weighted by Gasteiger charge is -2.23. The van der Waals surface area contributed by atoms with Crippen LogP contribution in [0.3, 0.4) is 0 Å². The van der Waals surface area contributed by atoms with Crippen LogP contribution in [0.1, 0.15) is 59.3 Å². The molecule has 1 rings (SSSR count). The van der Waals surface area contributed by atoms with Gasteiger partial charge in [-0.15, -0.1) is 0 Å². The van der Waals surface area contributed by atoms with E-state index in [1.165, 1.54) is 19.3 Å². The van der Waals surface area contributed by atoms with E-state index < -0.39 is 6.10 Å². The van der Waals surface area contributed by atoms with Crippen molar-refractivity contribution >= 4 is 5.91 Å². The quantitative estimate of drug-likeness (QED) is 0.595. The van der Waals surface area contributed by atoms with Gasteiger partial charge in [0.15, 0.2) is 0 Å². The Bertz CT molecular complexity index is 296. The van der Waals surface area contributed by atoms with E-state index in [0.29, 0.717) is 32.2 Å². The zero-order valence-corrected chi connectivity index (χ0v) is 13.8. The van der Waals surface area contributed by atoms with Gasteiger partial charge >= 0.3 is 0 Å². The molecule has 1 saturated carbocycles. The van der Waals surface area contributed by atoms with Gasteiger partial charge < -0.3 is 20.5 Å². The van der Waals surface area contributed by atoms with Gasteiger partial charge in [-0.2, -0.15) is 0 Å². The van der Waals surface area contributed by atoms with Crippen LogP contribution in [0, 0.1) is 0 Å². The summed E-state index contributed by atoms with van der Waals surface area (Å²) >= 11 is 0. The first-order chi connectivity index (χ1) is 9.87. The molecule has 1 aliphatic carbocycles. The number of ether oxygens (including phenoxy) is 1. The van der Waals surface area contributed by atoms with E-state index >= 15 is 0 Å². The minimum absolute atomic E-state index is 0.0305. The second kappa shape index (κ2) is 9.38. The Morgan fingerprint density at radius 1 is 1.29 bits per heavy atom. The Morgan fingerprint density at radius 3 is 2.57 bits per heavy atom. The summed E-state index contributed by atoms with van der Waals surface area (Å²) in [7, 11) is 0. The highest BCUT2D eigenvalue weighted by molar-refractivity contribution is 5.76. The molecule has 0 spiro atoms. The fourth-order valence-electron chi connectivity index (χ4n) is 2.49. The molecule has 21 heavy (non-hydrogen) atoms. The molecular weight excluding hydrogens is 268 g/mol. The lowest BCUT2D eigenvalue weighted by molar-refractivity contribution is -0.122. The van der Waals surface area contributed by atoms with Gasteiger partial charge in [0.25, 0.3) is 0 Å². The number of amides is 1. The van der Waals surface area contributed by atoms with Crippen LogP contribution in [0.25, 0.3) is 0 Å². The maximum absolute atomic E-state index is 11.6. The molecule has 1 fully saturated rings. The third kappa shape index (κ3) is 9.82. The summed E-state index contributed by atoms with van der Waals surface area (Å²) in [6.45, 7) is 7.31. The molecule has 124 valence electrons. The lowest BCUT2D eigenvalue weighted by atomic mass is 9.98. The largest absolute Gasteiger partial charge is 0.389 e. The predicted octanol–water partition coefficient (Wildman–Crippen LogP) is 1.59. The second-order valence-electron chi connectivity index (χ2n) is 7.00. The molecule has 1 aliphatic rings. The molecule has 0 radical (unpaired) electrons. The Labute approximate surface area is 128 Å². The molecule has 5 nitrogen and oxygen atoms in total. The summed E-state index contributed by atoms with van der Waals surface area (Å²) < 4.78 is 5.72. The van der Waals surface area contributed by atoms with E-state index in [1.807, 2.05) is 20.8 Å². The first-order valence-electron chi connectivity index (χ1n) is 8.18. The summed E-state index contributed by atoms with van der Waals surface area (Å²) in [5, 5.41) is 15.9. The van der Waals surface area contributed by atoms with Crippen molar-refractivity contribution in [2.45, 2.75) is 77.0 Å². The molecule has 3 N–H and O–H groups in total. The van der Waals surface area contributed by atoms with Gasteiger partial charge in [0.1, 0.15) is 0 Å². The molecule has 1 atom stereocenters. The zero-order valence-electron chi connectivity index (χ0n) is 13.8. The monoisotopic (exact) mass is 300 g/mol. The normalized spacial score (nSPS) is 18.5. The van der Waals surface area contributed by atoms with Crippen molar-refractivity contribution in [2.75, 3.05) is 19.7 Å². The van der Waals surface area contributed by atoms with Gasteiger partial charge in [0, 0.05) is 25.0 Å². The maximum Gasteiger partial charge on any atom is 0.221 e. The van der Waals surface area contributed by atoms with Crippen molar-refractivity contribution in [3.63, 3.8) is 0 Å². The minimum Gasteiger partial charge on any atom is -0.389 e. The molecular formula is C16H32N2O3. The van der Waals surface area contributed by atoms with E-state index in [-0.39, 0.29) is 11.4 Å². The predicted molar refractivity (Wildman–Crippen MR) is 84.2 cm³/mol. The van der Waals surface area contributed by atoms with Crippen molar-refractivity contribution in [2.24, 2.45) is 0 Å². The first-order valence-corrected chi connectivity index (χ1v) is 8.18. The third-order valence-electron chi connectivity index (χ3n) is 3.50. The van der Waals surface area contributed by atoms with E-state index in [9.17, 15) is 9.90 Å². The van der Waals surface area contributed by atoms with Crippen molar-refractivity contribution in [1.82, 2.24) is 10.6 Å². The van der Waals surface area contributed by atoms with Crippen LogP contribution in [0.2, 0.25) is 0 Å². The smallest absolute Gasteiger partial charge is 0.221 e. The SMILES string of the molecule is CC(C)(C)NC(=O)CCNCC(O)COC1CCCCC1. The van der Waals surface area contributed by atoms with Gasteiger partial charge in [-0.3, -0.25) is 4.79 Å². The van der Waals surface area contributed by atoms with Crippen LogP contribution >= 0.6 is 0 Å². The fraction of sp³-hybridized carbons (Fsp3) is 0.938. The van der Waals surface area contributed by atoms with E-state index in [1.54, 1.807) is 0 Å². The van der Waals surface area contributed by atoms with Crippen molar-refractivity contribution in [3.8, 4) is 0 Å². The molecule has 0 aromatic heterocycles. The van der Waals surface area contributed by atoms with Crippen LogP contribution in [0.5, 0.6) is 0 Å². The molecule has 0 heterocycles. The molecule has 1 amide bonds. The molecule has 0 aromatic carbocycles. The van der Waals surface area contributed by atoms with Crippen LogP contribution in [0.15, 0.2) is 0 Å². The van der Waals surface area contributed by atoms with Gasteiger partial charge in [-0.05, 0) is 33.6 Å². The lowest BCUT2D eigenvalue weighted by Crippen LogP contribution is -2.42. The molecule has 0 aliphatic heterocycles. The standard InChI is InChI=1S/C16H32N2O3/c1-16(2,3)18-15(20)9-10-17-11-13(19)12-21-14-7-5-4-6-8-14/h13-14,17,19H,4-12H2,1-3H3,(H,18,20). The highest BCUT2D eigenvalue weighted by atomic mass is 16.5. The average molecular weight is 300 g/mol. The number of carbonyl (C=O) groups is 1. The minimum atomic E-state index is -0.502. The number of rotatable bonds is 8. The number of hydrogen-bond donors (Lipinski definition) is 3. The van der Waals surface area contributed by atoms with E-state index in [2.05, 4.69) is 10.6 Å². The van der Waals surface area contributed by atoms with E-state index in [0.717, 1.165) is 12.8 Å². The molecule has 0 bridgehead atoms. The molecule has 5 heteroatoms. The van der Waals surface area contributed by atoms with Crippen LogP contribution < -0.4 is 10.6 Å². The number of aliphatic hydroxyl groups is 1. The Hall–Kier alpha value is -0.650. The topological polar surface area (TPSA) is 70.6 Å². The Morgan fingerprint density at radius 2 is 1.95 bits per heavy atom. The maximum atomic E-state index is 11.6. The summed E-state index contributed by atoms with van der Waals surface area (Å²) in [4.78, 5) is 11.6. The van der Waals surface area contributed by atoms with Crippen LogP contribution in [-0.4, -0.2) is 48.5 Å². The van der Waals surface area contributed by atoms with Crippen molar-refractivity contribution in [1.29, 1.82) is 0 Å². The summed E-state index contributed by atoms with van der Waals surface area (Å²) in [6, 6.07) is 0. The fourth-order valence-corrected chi connectivity index (χ4v) is 2.49.